The van der Waals surface area contributed by atoms with Crippen LogP contribution in [0.2, 0.25) is 0 Å². The van der Waals surface area contributed by atoms with Crippen LogP contribution in [-0.4, -0.2) is 19.6 Å². The van der Waals surface area contributed by atoms with Crippen molar-refractivity contribution in [2.45, 2.75) is 59.3 Å². The zero-order valence-corrected chi connectivity index (χ0v) is 11.4. The smallest absolute Gasteiger partial charge is 0.00174 e. The molecule has 0 aromatic heterocycles. The van der Waals surface area contributed by atoms with Crippen molar-refractivity contribution in [3.05, 3.63) is 0 Å². The summed E-state index contributed by atoms with van der Waals surface area (Å²) in [5.41, 5.74) is 6.72. The molecule has 16 heavy (non-hydrogen) atoms. The lowest BCUT2D eigenvalue weighted by atomic mass is 9.82. The molecule has 1 fully saturated rings. The van der Waals surface area contributed by atoms with Gasteiger partial charge in [0.1, 0.15) is 0 Å². The van der Waals surface area contributed by atoms with Gasteiger partial charge in [-0.05, 0) is 43.1 Å². The first-order valence-corrected chi connectivity index (χ1v) is 7.00. The van der Waals surface area contributed by atoms with Crippen LogP contribution < -0.4 is 11.1 Å². The van der Waals surface area contributed by atoms with E-state index in [2.05, 4.69) is 26.1 Å². The third kappa shape index (κ3) is 3.46. The third-order valence-electron chi connectivity index (χ3n) is 4.81. The molecule has 1 rings (SSSR count). The fourth-order valence-electron chi connectivity index (χ4n) is 2.75. The number of hydrogen-bond acceptors (Lipinski definition) is 2. The highest BCUT2D eigenvalue weighted by molar-refractivity contribution is 4.86. The maximum atomic E-state index is 5.84. The van der Waals surface area contributed by atoms with E-state index in [9.17, 15) is 0 Å². The average molecular weight is 226 g/mol. The Balaban J connectivity index is 2.33. The summed E-state index contributed by atoms with van der Waals surface area (Å²) in [7, 11) is 0. The minimum atomic E-state index is 0.285. The van der Waals surface area contributed by atoms with Crippen molar-refractivity contribution in [3.63, 3.8) is 0 Å². The van der Waals surface area contributed by atoms with Crippen LogP contribution in [0.4, 0.5) is 0 Å². The Morgan fingerprint density at radius 1 is 1.25 bits per heavy atom. The molecular weight excluding hydrogens is 196 g/mol. The first kappa shape index (κ1) is 14.0. The largest absolute Gasteiger partial charge is 0.330 e. The van der Waals surface area contributed by atoms with Crippen molar-refractivity contribution in [1.29, 1.82) is 0 Å². The van der Waals surface area contributed by atoms with Gasteiger partial charge in [0.05, 0.1) is 0 Å². The highest BCUT2D eigenvalue weighted by Gasteiger charge is 2.32. The molecule has 0 bridgehead atoms. The molecule has 0 saturated heterocycles. The summed E-state index contributed by atoms with van der Waals surface area (Å²) in [5, 5.41) is 3.68. The van der Waals surface area contributed by atoms with E-state index in [0.717, 1.165) is 19.5 Å². The average Bonchev–Trinajstić information content (AvgIpc) is 2.78. The van der Waals surface area contributed by atoms with E-state index in [1.54, 1.807) is 0 Å². The van der Waals surface area contributed by atoms with Gasteiger partial charge in [-0.25, -0.2) is 0 Å². The van der Waals surface area contributed by atoms with Gasteiger partial charge in [0.2, 0.25) is 0 Å². The minimum absolute atomic E-state index is 0.285. The van der Waals surface area contributed by atoms with Crippen LogP contribution in [0.3, 0.4) is 0 Å². The second-order valence-corrected chi connectivity index (χ2v) is 6.03. The van der Waals surface area contributed by atoms with E-state index in [0.29, 0.717) is 5.41 Å². The van der Waals surface area contributed by atoms with Gasteiger partial charge >= 0.3 is 0 Å². The summed E-state index contributed by atoms with van der Waals surface area (Å²) in [6, 6.07) is 0. The predicted molar refractivity (Wildman–Crippen MR) is 71.5 cm³/mol. The molecule has 1 aliphatic carbocycles. The highest BCUT2D eigenvalue weighted by atomic mass is 14.9. The molecule has 1 atom stereocenters. The summed E-state index contributed by atoms with van der Waals surface area (Å²) in [4.78, 5) is 0. The van der Waals surface area contributed by atoms with Crippen LogP contribution in [0.5, 0.6) is 0 Å². The quantitative estimate of drug-likeness (QED) is 0.700. The van der Waals surface area contributed by atoms with Gasteiger partial charge in [0.15, 0.2) is 0 Å². The Kier molecular flexibility index (Phi) is 5.26. The van der Waals surface area contributed by atoms with Gasteiger partial charge in [-0.15, -0.1) is 0 Å². The van der Waals surface area contributed by atoms with E-state index in [1.807, 2.05) is 0 Å². The van der Waals surface area contributed by atoms with Gasteiger partial charge in [0, 0.05) is 13.1 Å². The Labute approximate surface area is 101 Å². The first-order valence-electron chi connectivity index (χ1n) is 7.00. The molecule has 2 nitrogen and oxygen atoms in total. The highest BCUT2D eigenvalue weighted by Crippen LogP contribution is 2.40. The fraction of sp³-hybridized carbons (Fsp3) is 1.00. The maximum absolute atomic E-state index is 5.84. The number of nitrogens with one attached hydrogen (secondary N) is 1. The van der Waals surface area contributed by atoms with E-state index < -0.39 is 0 Å². The van der Waals surface area contributed by atoms with Crippen molar-refractivity contribution in [1.82, 2.24) is 5.32 Å². The topological polar surface area (TPSA) is 38.0 Å². The SMILES string of the molecule is CCC(C)(CN)CNCC1(CC)CCCC1. The molecule has 0 radical (unpaired) electrons. The second-order valence-electron chi connectivity index (χ2n) is 6.03. The molecule has 2 heteroatoms. The first-order chi connectivity index (χ1) is 7.60. The van der Waals surface area contributed by atoms with E-state index in [-0.39, 0.29) is 5.41 Å². The van der Waals surface area contributed by atoms with Gasteiger partial charge in [-0.3, -0.25) is 0 Å². The van der Waals surface area contributed by atoms with Crippen molar-refractivity contribution in [3.8, 4) is 0 Å². The number of rotatable bonds is 7. The third-order valence-corrected chi connectivity index (χ3v) is 4.81. The lowest BCUT2D eigenvalue weighted by Gasteiger charge is -2.32. The van der Waals surface area contributed by atoms with Gasteiger partial charge in [-0.1, -0.05) is 33.6 Å². The Morgan fingerprint density at radius 2 is 1.88 bits per heavy atom. The van der Waals surface area contributed by atoms with Gasteiger partial charge in [0.25, 0.3) is 0 Å². The van der Waals surface area contributed by atoms with Crippen LogP contribution in [0.25, 0.3) is 0 Å². The Morgan fingerprint density at radius 3 is 2.31 bits per heavy atom. The summed E-state index contributed by atoms with van der Waals surface area (Å²) in [5.74, 6) is 0. The minimum Gasteiger partial charge on any atom is -0.330 e. The summed E-state index contributed by atoms with van der Waals surface area (Å²) >= 11 is 0. The summed E-state index contributed by atoms with van der Waals surface area (Å²) in [6.07, 6.45) is 8.18. The summed E-state index contributed by atoms with van der Waals surface area (Å²) in [6.45, 7) is 9.92. The Hall–Kier alpha value is -0.0800. The number of hydrogen-bond donors (Lipinski definition) is 2. The normalized spacial score (nSPS) is 23.2. The second kappa shape index (κ2) is 6.02. The number of nitrogens with two attached hydrogens (primary N) is 1. The van der Waals surface area contributed by atoms with Crippen molar-refractivity contribution < 1.29 is 0 Å². The molecule has 0 aromatic rings. The van der Waals surface area contributed by atoms with Crippen molar-refractivity contribution >= 4 is 0 Å². The van der Waals surface area contributed by atoms with Crippen LogP contribution in [0.15, 0.2) is 0 Å². The van der Waals surface area contributed by atoms with Crippen LogP contribution in [0.1, 0.15) is 59.3 Å². The molecule has 0 aliphatic heterocycles. The monoisotopic (exact) mass is 226 g/mol. The molecular formula is C14H30N2. The summed E-state index contributed by atoms with van der Waals surface area (Å²) < 4.78 is 0. The molecule has 0 aromatic carbocycles. The lowest BCUT2D eigenvalue weighted by Crippen LogP contribution is -2.41. The lowest BCUT2D eigenvalue weighted by molar-refractivity contribution is 0.234. The molecule has 0 amide bonds. The molecule has 0 heterocycles. The van der Waals surface area contributed by atoms with Crippen molar-refractivity contribution in [2.24, 2.45) is 16.6 Å². The van der Waals surface area contributed by atoms with Gasteiger partial charge < -0.3 is 11.1 Å². The molecule has 0 spiro atoms. The molecule has 3 N–H and O–H groups in total. The van der Waals surface area contributed by atoms with Crippen LogP contribution >= 0.6 is 0 Å². The van der Waals surface area contributed by atoms with Crippen molar-refractivity contribution in [2.75, 3.05) is 19.6 Å². The molecule has 1 saturated carbocycles. The Bertz CT molecular complexity index is 191. The fourth-order valence-corrected chi connectivity index (χ4v) is 2.75. The zero-order chi connectivity index (χ0) is 12.1. The van der Waals surface area contributed by atoms with E-state index in [4.69, 9.17) is 5.73 Å². The maximum Gasteiger partial charge on any atom is 0.00174 e. The molecule has 96 valence electrons. The molecule has 1 aliphatic rings. The van der Waals surface area contributed by atoms with E-state index in [1.165, 1.54) is 38.6 Å². The zero-order valence-electron chi connectivity index (χ0n) is 11.4. The van der Waals surface area contributed by atoms with Crippen LogP contribution in [0, 0.1) is 10.8 Å². The predicted octanol–water partition coefficient (Wildman–Crippen LogP) is 2.92. The van der Waals surface area contributed by atoms with Crippen LogP contribution in [-0.2, 0) is 0 Å². The standard InChI is InChI=1S/C14H30N2/c1-4-13(3,10-15)11-16-12-14(5-2)8-6-7-9-14/h16H,4-12,15H2,1-3H3. The molecule has 1 unspecified atom stereocenters. The van der Waals surface area contributed by atoms with E-state index >= 15 is 0 Å². The van der Waals surface area contributed by atoms with Gasteiger partial charge in [-0.2, -0.15) is 0 Å².